The van der Waals surface area contributed by atoms with Crippen LogP contribution in [0.15, 0.2) is 36.4 Å². The van der Waals surface area contributed by atoms with E-state index in [9.17, 15) is 14.4 Å². The van der Waals surface area contributed by atoms with Gasteiger partial charge in [-0.05, 0) is 55.4 Å². The van der Waals surface area contributed by atoms with Crippen LogP contribution in [0.25, 0.3) is 0 Å². The zero-order valence-corrected chi connectivity index (χ0v) is 15.3. The smallest absolute Gasteiger partial charge is 0.253 e. The first kappa shape index (κ1) is 16.7. The van der Waals surface area contributed by atoms with Crippen LogP contribution in [0, 0.1) is 23.7 Å². The number of rotatable bonds is 2. The van der Waals surface area contributed by atoms with Crippen molar-refractivity contribution in [3.8, 4) is 0 Å². The lowest BCUT2D eigenvalue weighted by atomic mass is 9.85. The molecule has 0 aromatic heterocycles. The Balaban J connectivity index is 1.36. The number of allylic oxidation sites excluding steroid dienone is 2. The Morgan fingerprint density at radius 3 is 1.93 bits per heavy atom. The molecule has 5 heteroatoms. The van der Waals surface area contributed by atoms with Gasteiger partial charge in [-0.3, -0.25) is 19.3 Å². The van der Waals surface area contributed by atoms with Gasteiger partial charge in [0.2, 0.25) is 11.8 Å². The lowest BCUT2D eigenvalue weighted by Gasteiger charge is -2.21. The van der Waals surface area contributed by atoms with Crippen LogP contribution in [0.1, 0.15) is 42.5 Å². The van der Waals surface area contributed by atoms with Gasteiger partial charge in [-0.1, -0.05) is 25.0 Å². The second-order valence-electron chi connectivity index (χ2n) is 8.27. The average Bonchev–Trinajstić information content (AvgIpc) is 3.28. The molecule has 27 heavy (non-hydrogen) atoms. The summed E-state index contributed by atoms with van der Waals surface area (Å²) in [5.74, 6) is -0.0592. The fourth-order valence-corrected chi connectivity index (χ4v) is 5.37. The quantitative estimate of drug-likeness (QED) is 0.599. The molecule has 2 saturated heterocycles. The molecule has 1 saturated carbocycles. The zero-order chi connectivity index (χ0) is 18.5. The molecule has 0 N–H and O–H groups in total. The molecule has 1 aromatic carbocycles. The summed E-state index contributed by atoms with van der Waals surface area (Å²) in [6.45, 7) is 1.62. The second-order valence-corrected chi connectivity index (χ2v) is 8.27. The topological polar surface area (TPSA) is 57.7 Å². The molecule has 140 valence electrons. The Morgan fingerprint density at radius 2 is 1.37 bits per heavy atom. The molecule has 3 amide bonds. The summed E-state index contributed by atoms with van der Waals surface area (Å²) in [5, 5.41) is 0. The standard InChI is InChI=1S/C22H24N2O3/c25-20(23-11-3-1-2-4-12-23)14-7-9-17(10-8-14)24-21(26)18-15-5-6-16(13-15)19(18)22(24)27/h5-10,15-16,18-19H,1-4,11-13H2/t15-,16-,18-,19+/m0/s1. The van der Waals surface area contributed by atoms with Crippen LogP contribution in [0.2, 0.25) is 0 Å². The number of fused-ring (bicyclic) bond motifs is 5. The zero-order valence-electron chi connectivity index (χ0n) is 15.3. The van der Waals surface area contributed by atoms with E-state index in [1.807, 2.05) is 4.90 Å². The number of carbonyl (C=O) groups is 3. The highest BCUT2D eigenvalue weighted by Gasteiger charge is 2.59. The predicted octanol–water partition coefficient (Wildman–Crippen LogP) is 3.01. The molecule has 0 spiro atoms. The Hall–Kier alpha value is -2.43. The Morgan fingerprint density at radius 1 is 0.815 bits per heavy atom. The van der Waals surface area contributed by atoms with Crippen molar-refractivity contribution in [1.29, 1.82) is 0 Å². The molecule has 5 nitrogen and oxygen atoms in total. The van der Waals surface area contributed by atoms with Gasteiger partial charge >= 0.3 is 0 Å². The molecule has 2 bridgehead atoms. The molecule has 2 heterocycles. The van der Waals surface area contributed by atoms with Crippen molar-refractivity contribution in [2.75, 3.05) is 18.0 Å². The fourth-order valence-electron chi connectivity index (χ4n) is 5.37. The Labute approximate surface area is 159 Å². The second kappa shape index (κ2) is 6.32. The number of nitrogens with zero attached hydrogens (tertiary/aromatic N) is 2. The van der Waals surface area contributed by atoms with E-state index in [0.717, 1.165) is 32.4 Å². The lowest BCUT2D eigenvalue weighted by molar-refractivity contribution is -0.123. The number of hydrogen-bond acceptors (Lipinski definition) is 3. The maximum Gasteiger partial charge on any atom is 0.253 e. The number of likely N-dealkylation sites (tertiary alicyclic amines) is 1. The van der Waals surface area contributed by atoms with Crippen LogP contribution < -0.4 is 4.90 Å². The molecule has 1 aromatic rings. The van der Waals surface area contributed by atoms with E-state index in [-0.39, 0.29) is 41.4 Å². The van der Waals surface area contributed by atoms with Crippen molar-refractivity contribution in [2.45, 2.75) is 32.1 Å². The van der Waals surface area contributed by atoms with Crippen molar-refractivity contribution >= 4 is 23.4 Å². The largest absolute Gasteiger partial charge is 0.339 e. The first-order valence-corrected chi connectivity index (χ1v) is 10.1. The van der Waals surface area contributed by atoms with Crippen LogP contribution in [-0.4, -0.2) is 35.7 Å². The first-order chi connectivity index (χ1) is 13.1. The molecule has 0 unspecified atom stereocenters. The van der Waals surface area contributed by atoms with E-state index in [1.165, 1.54) is 17.7 Å². The van der Waals surface area contributed by atoms with Gasteiger partial charge < -0.3 is 4.90 Å². The summed E-state index contributed by atoms with van der Waals surface area (Å²) in [4.78, 5) is 41.8. The molecule has 4 aliphatic rings. The first-order valence-electron chi connectivity index (χ1n) is 10.1. The molecular weight excluding hydrogens is 340 g/mol. The number of hydrogen-bond donors (Lipinski definition) is 0. The van der Waals surface area contributed by atoms with E-state index in [0.29, 0.717) is 11.3 Å². The predicted molar refractivity (Wildman–Crippen MR) is 101 cm³/mol. The van der Waals surface area contributed by atoms with E-state index in [4.69, 9.17) is 0 Å². The van der Waals surface area contributed by atoms with E-state index in [1.54, 1.807) is 24.3 Å². The SMILES string of the molecule is O=C(c1ccc(N2C(=O)[C@@H]3[C@H](C2=O)[C@H]2C=C[C@H]3C2)cc1)N1CCCCCC1. The highest BCUT2D eigenvalue weighted by molar-refractivity contribution is 6.22. The van der Waals surface area contributed by atoms with Crippen molar-refractivity contribution in [3.05, 3.63) is 42.0 Å². The molecule has 0 radical (unpaired) electrons. The summed E-state index contributed by atoms with van der Waals surface area (Å²) in [6, 6.07) is 7.00. The van der Waals surface area contributed by atoms with E-state index in [2.05, 4.69) is 12.2 Å². The normalized spacial score (nSPS) is 32.1. The minimum absolute atomic E-state index is 0.0432. The number of anilines is 1. The molecule has 2 aliphatic carbocycles. The molecule has 4 atom stereocenters. The summed E-state index contributed by atoms with van der Waals surface area (Å²) in [6.07, 6.45) is 9.61. The lowest BCUT2D eigenvalue weighted by Crippen LogP contribution is -2.33. The fraction of sp³-hybridized carbons (Fsp3) is 0.500. The van der Waals surface area contributed by atoms with Gasteiger partial charge in [0, 0.05) is 18.7 Å². The average molecular weight is 364 g/mol. The van der Waals surface area contributed by atoms with Crippen LogP contribution in [0.3, 0.4) is 0 Å². The van der Waals surface area contributed by atoms with Gasteiger partial charge in [-0.15, -0.1) is 0 Å². The van der Waals surface area contributed by atoms with Gasteiger partial charge in [-0.2, -0.15) is 0 Å². The van der Waals surface area contributed by atoms with Gasteiger partial charge in [-0.25, -0.2) is 0 Å². The van der Waals surface area contributed by atoms with Crippen LogP contribution in [0.4, 0.5) is 5.69 Å². The minimum atomic E-state index is -0.189. The maximum atomic E-state index is 12.9. The van der Waals surface area contributed by atoms with Gasteiger partial charge in [0.25, 0.3) is 5.91 Å². The molecule has 3 fully saturated rings. The summed E-state index contributed by atoms with van der Waals surface area (Å²) >= 11 is 0. The van der Waals surface area contributed by atoms with Crippen LogP contribution >= 0.6 is 0 Å². The third kappa shape index (κ3) is 2.55. The number of amides is 3. The Bertz CT molecular complexity index is 790. The van der Waals surface area contributed by atoms with Crippen molar-refractivity contribution in [1.82, 2.24) is 4.90 Å². The van der Waals surface area contributed by atoms with E-state index >= 15 is 0 Å². The van der Waals surface area contributed by atoms with Gasteiger partial charge in [0.1, 0.15) is 0 Å². The van der Waals surface area contributed by atoms with Crippen LogP contribution in [0.5, 0.6) is 0 Å². The molecular formula is C22H24N2O3. The maximum absolute atomic E-state index is 12.9. The number of carbonyl (C=O) groups excluding carboxylic acids is 3. The highest BCUT2D eigenvalue weighted by atomic mass is 16.2. The third-order valence-electron chi connectivity index (χ3n) is 6.74. The number of imide groups is 1. The van der Waals surface area contributed by atoms with Crippen molar-refractivity contribution in [3.63, 3.8) is 0 Å². The Kier molecular flexibility index (Phi) is 3.92. The van der Waals surface area contributed by atoms with Gasteiger partial charge in [0.15, 0.2) is 0 Å². The third-order valence-corrected chi connectivity index (χ3v) is 6.74. The van der Waals surface area contributed by atoms with Gasteiger partial charge in [0.05, 0.1) is 17.5 Å². The minimum Gasteiger partial charge on any atom is -0.339 e. The number of benzene rings is 1. The molecule has 5 rings (SSSR count). The van der Waals surface area contributed by atoms with Crippen LogP contribution in [-0.2, 0) is 9.59 Å². The van der Waals surface area contributed by atoms with E-state index < -0.39 is 0 Å². The summed E-state index contributed by atoms with van der Waals surface area (Å²) in [7, 11) is 0. The van der Waals surface area contributed by atoms with Crippen molar-refractivity contribution < 1.29 is 14.4 Å². The summed E-state index contributed by atoms with van der Waals surface area (Å²) < 4.78 is 0. The monoisotopic (exact) mass is 364 g/mol. The molecule has 2 aliphatic heterocycles. The highest BCUT2D eigenvalue weighted by Crippen LogP contribution is 2.53. The summed E-state index contributed by atoms with van der Waals surface area (Å²) in [5.41, 5.74) is 1.22. The van der Waals surface area contributed by atoms with Crippen molar-refractivity contribution in [2.24, 2.45) is 23.7 Å².